The van der Waals surface area contributed by atoms with Crippen molar-refractivity contribution in [3.05, 3.63) is 0 Å². The lowest BCUT2D eigenvalue weighted by molar-refractivity contribution is 0.467. The van der Waals surface area contributed by atoms with Gasteiger partial charge in [0.1, 0.15) is 0 Å². The third kappa shape index (κ3) is 6.74. The Labute approximate surface area is 77.2 Å². The first-order valence-electron chi connectivity index (χ1n) is 4.96. The summed E-state index contributed by atoms with van der Waals surface area (Å²) in [5.41, 5.74) is 0. The highest BCUT2D eigenvalue weighted by Crippen LogP contribution is 2.16. The molecule has 11 heavy (non-hydrogen) atoms. The Kier molecular flexibility index (Phi) is 8.72. The molecule has 0 spiro atoms. The minimum absolute atomic E-state index is 0.884. The zero-order valence-corrected chi connectivity index (χ0v) is 8.87. The van der Waals surface area contributed by atoms with Gasteiger partial charge < -0.3 is 0 Å². The Bertz CT molecular complexity index is 71.3. The van der Waals surface area contributed by atoms with Crippen molar-refractivity contribution in [2.75, 3.05) is 5.75 Å². The molecule has 1 atom stereocenters. The predicted octanol–water partition coefficient (Wildman–Crippen LogP) is 3.91. The van der Waals surface area contributed by atoms with E-state index in [0.29, 0.717) is 0 Å². The van der Waals surface area contributed by atoms with Gasteiger partial charge in [0.15, 0.2) is 0 Å². The molecule has 0 rings (SSSR count). The molecular weight excluding hydrogens is 152 g/mol. The molecule has 0 saturated heterocycles. The summed E-state index contributed by atoms with van der Waals surface area (Å²) in [6, 6.07) is 0. The van der Waals surface area contributed by atoms with Crippen LogP contribution in [0.2, 0.25) is 0 Å². The topological polar surface area (TPSA) is 0 Å². The van der Waals surface area contributed by atoms with Crippen LogP contribution in [0, 0.1) is 5.92 Å². The number of hydrogen-bond donors (Lipinski definition) is 1. The molecule has 0 saturated carbocycles. The molecule has 0 amide bonds. The highest BCUT2D eigenvalue weighted by Gasteiger charge is 2.03. The largest absolute Gasteiger partial charge is 0.179 e. The van der Waals surface area contributed by atoms with E-state index < -0.39 is 0 Å². The van der Waals surface area contributed by atoms with E-state index in [0.717, 1.165) is 11.7 Å². The highest BCUT2D eigenvalue weighted by atomic mass is 32.1. The Morgan fingerprint density at radius 1 is 1.00 bits per heavy atom. The Balaban J connectivity index is 3.20. The lowest BCUT2D eigenvalue weighted by atomic mass is 9.99. The molecule has 0 aromatic heterocycles. The van der Waals surface area contributed by atoms with Gasteiger partial charge in [0.25, 0.3) is 0 Å². The fraction of sp³-hybridized carbons (Fsp3) is 1.00. The third-order valence-corrected chi connectivity index (χ3v) is 2.69. The summed E-state index contributed by atoms with van der Waals surface area (Å²) < 4.78 is 0. The van der Waals surface area contributed by atoms with Gasteiger partial charge in [-0.3, -0.25) is 0 Å². The number of hydrogen-bond acceptors (Lipinski definition) is 1. The Morgan fingerprint density at radius 2 is 1.73 bits per heavy atom. The molecule has 0 bridgehead atoms. The lowest BCUT2D eigenvalue weighted by Gasteiger charge is -2.11. The molecular formula is C10H22S. The molecule has 68 valence electrons. The van der Waals surface area contributed by atoms with Crippen molar-refractivity contribution < 1.29 is 0 Å². The summed E-state index contributed by atoms with van der Waals surface area (Å²) in [5, 5.41) is 0. The molecule has 0 heterocycles. The molecule has 0 aliphatic carbocycles. The zero-order chi connectivity index (χ0) is 8.53. The van der Waals surface area contributed by atoms with Gasteiger partial charge >= 0.3 is 0 Å². The SMILES string of the molecule is CCCCCC(CS)CCC. The van der Waals surface area contributed by atoms with Crippen LogP contribution in [0.4, 0.5) is 0 Å². The van der Waals surface area contributed by atoms with Crippen LogP contribution in [0.25, 0.3) is 0 Å². The average molecular weight is 174 g/mol. The first-order chi connectivity index (χ1) is 5.35. The van der Waals surface area contributed by atoms with Gasteiger partial charge in [0.2, 0.25) is 0 Å². The van der Waals surface area contributed by atoms with E-state index >= 15 is 0 Å². The van der Waals surface area contributed by atoms with Crippen LogP contribution in [0.5, 0.6) is 0 Å². The summed E-state index contributed by atoms with van der Waals surface area (Å²) in [6.45, 7) is 4.52. The van der Waals surface area contributed by atoms with Gasteiger partial charge in [-0.25, -0.2) is 0 Å². The van der Waals surface area contributed by atoms with Crippen molar-refractivity contribution >= 4 is 12.6 Å². The lowest BCUT2D eigenvalue weighted by Crippen LogP contribution is -2.01. The standard InChI is InChI=1S/C10H22S/c1-3-5-6-8-10(9-11)7-4-2/h10-11H,3-9H2,1-2H3. The van der Waals surface area contributed by atoms with E-state index in [-0.39, 0.29) is 0 Å². The smallest absolute Gasteiger partial charge is 0.00695 e. The second-order valence-corrected chi connectivity index (χ2v) is 3.70. The van der Waals surface area contributed by atoms with E-state index in [1.807, 2.05) is 0 Å². The maximum Gasteiger partial charge on any atom is -0.00695 e. The van der Waals surface area contributed by atoms with Crippen LogP contribution in [0.3, 0.4) is 0 Å². The Morgan fingerprint density at radius 3 is 2.18 bits per heavy atom. The second-order valence-electron chi connectivity index (χ2n) is 3.33. The van der Waals surface area contributed by atoms with Crippen molar-refractivity contribution in [3.63, 3.8) is 0 Å². The number of unbranched alkanes of at least 4 members (excludes halogenated alkanes) is 2. The summed E-state index contributed by atoms with van der Waals surface area (Å²) >= 11 is 4.35. The monoisotopic (exact) mass is 174 g/mol. The maximum atomic E-state index is 4.35. The van der Waals surface area contributed by atoms with Gasteiger partial charge in [-0.15, -0.1) is 0 Å². The minimum Gasteiger partial charge on any atom is -0.179 e. The molecule has 0 aromatic carbocycles. The summed E-state index contributed by atoms with van der Waals surface area (Å²) in [5.74, 6) is 1.97. The van der Waals surface area contributed by atoms with Crippen molar-refractivity contribution in [2.24, 2.45) is 5.92 Å². The normalized spacial score (nSPS) is 13.4. The summed E-state index contributed by atoms with van der Waals surface area (Å²) in [6.07, 6.45) is 8.22. The minimum atomic E-state index is 0.884. The van der Waals surface area contributed by atoms with Crippen LogP contribution < -0.4 is 0 Å². The Hall–Kier alpha value is 0.350. The fourth-order valence-electron chi connectivity index (χ4n) is 1.42. The van der Waals surface area contributed by atoms with Gasteiger partial charge in [0, 0.05) is 0 Å². The summed E-state index contributed by atoms with van der Waals surface area (Å²) in [7, 11) is 0. The van der Waals surface area contributed by atoms with Gasteiger partial charge in [-0.1, -0.05) is 39.5 Å². The molecule has 0 radical (unpaired) electrons. The molecule has 0 aromatic rings. The van der Waals surface area contributed by atoms with Crippen molar-refractivity contribution in [1.29, 1.82) is 0 Å². The molecule has 0 aliphatic rings. The molecule has 0 N–H and O–H groups in total. The van der Waals surface area contributed by atoms with E-state index in [1.165, 1.54) is 38.5 Å². The van der Waals surface area contributed by atoms with E-state index in [9.17, 15) is 0 Å². The van der Waals surface area contributed by atoms with Crippen LogP contribution in [-0.4, -0.2) is 5.75 Å². The van der Waals surface area contributed by atoms with Gasteiger partial charge in [-0.05, 0) is 24.5 Å². The fourth-order valence-corrected chi connectivity index (χ4v) is 1.78. The van der Waals surface area contributed by atoms with Crippen molar-refractivity contribution in [1.82, 2.24) is 0 Å². The highest BCUT2D eigenvalue weighted by molar-refractivity contribution is 7.80. The van der Waals surface area contributed by atoms with Crippen molar-refractivity contribution in [2.45, 2.75) is 52.4 Å². The number of rotatable bonds is 7. The molecule has 0 nitrogen and oxygen atoms in total. The van der Waals surface area contributed by atoms with Crippen LogP contribution in [0.15, 0.2) is 0 Å². The first kappa shape index (κ1) is 11.4. The number of thiol groups is 1. The average Bonchev–Trinajstić information content (AvgIpc) is 2.03. The maximum absolute atomic E-state index is 4.35. The third-order valence-electron chi connectivity index (χ3n) is 2.17. The van der Waals surface area contributed by atoms with Crippen molar-refractivity contribution in [3.8, 4) is 0 Å². The first-order valence-corrected chi connectivity index (χ1v) is 5.59. The van der Waals surface area contributed by atoms with Gasteiger partial charge in [0.05, 0.1) is 0 Å². The van der Waals surface area contributed by atoms with Crippen LogP contribution in [0.1, 0.15) is 52.4 Å². The van der Waals surface area contributed by atoms with Gasteiger partial charge in [-0.2, -0.15) is 12.6 Å². The molecule has 1 unspecified atom stereocenters. The van der Waals surface area contributed by atoms with Crippen LogP contribution >= 0.6 is 12.6 Å². The summed E-state index contributed by atoms with van der Waals surface area (Å²) in [4.78, 5) is 0. The second kappa shape index (κ2) is 8.45. The van der Waals surface area contributed by atoms with E-state index in [2.05, 4.69) is 26.5 Å². The molecule has 1 heteroatoms. The van der Waals surface area contributed by atoms with E-state index in [4.69, 9.17) is 0 Å². The van der Waals surface area contributed by atoms with Crippen LogP contribution in [-0.2, 0) is 0 Å². The quantitative estimate of drug-likeness (QED) is 0.439. The predicted molar refractivity (Wildman–Crippen MR) is 56.4 cm³/mol. The molecule has 0 aliphatic heterocycles. The zero-order valence-electron chi connectivity index (χ0n) is 7.97. The van der Waals surface area contributed by atoms with E-state index in [1.54, 1.807) is 0 Å². The molecule has 0 fully saturated rings.